The van der Waals surface area contributed by atoms with Crippen LogP contribution in [0, 0.1) is 5.92 Å². The van der Waals surface area contributed by atoms with Crippen LogP contribution < -0.4 is 10.6 Å². The summed E-state index contributed by atoms with van der Waals surface area (Å²) in [6, 6.07) is 0.467. The summed E-state index contributed by atoms with van der Waals surface area (Å²) in [5.74, 6) is 0.846. The number of rotatable bonds is 4. The lowest BCUT2D eigenvalue weighted by atomic mass is 9.86. The molecule has 2 aliphatic rings. The number of carbonyl (C=O) groups excluding carboxylic acids is 1. The smallest absolute Gasteiger partial charge is 0.226 e. The van der Waals surface area contributed by atoms with Crippen LogP contribution >= 0.6 is 12.2 Å². The molecule has 2 N–H and O–H groups in total. The van der Waals surface area contributed by atoms with E-state index in [1.54, 1.807) is 0 Å². The summed E-state index contributed by atoms with van der Waals surface area (Å²) in [7, 11) is 0. The third-order valence-electron chi connectivity index (χ3n) is 4.70. The van der Waals surface area contributed by atoms with Gasteiger partial charge in [0.05, 0.1) is 0 Å². The highest BCUT2D eigenvalue weighted by atomic mass is 32.1. The first kappa shape index (κ1) is 15.7. The molecule has 114 valence electrons. The minimum absolute atomic E-state index is 0.0869. The highest BCUT2D eigenvalue weighted by molar-refractivity contribution is 7.80. The van der Waals surface area contributed by atoms with Gasteiger partial charge in [0.2, 0.25) is 5.91 Å². The van der Waals surface area contributed by atoms with Crippen molar-refractivity contribution in [1.29, 1.82) is 0 Å². The summed E-state index contributed by atoms with van der Waals surface area (Å²) in [6.07, 6.45) is 14.5. The van der Waals surface area contributed by atoms with E-state index in [0.29, 0.717) is 17.6 Å². The van der Waals surface area contributed by atoms with Gasteiger partial charge >= 0.3 is 0 Å². The molecule has 20 heavy (non-hydrogen) atoms. The fourth-order valence-corrected chi connectivity index (χ4v) is 3.75. The maximum absolute atomic E-state index is 11.9. The number of amides is 1. The molecule has 2 saturated carbocycles. The van der Waals surface area contributed by atoms with Crippen molar-refractivity contribution in [2.45, 2.75) is 83.1 Å². The van der Waals surface area contributed by atoms with Gasteiger partial charge in [-0.2, -0.15) is 0 Å². The van der Waals surface area contributed by atoms with E-state index in [-0.39, 0.29) is 5.91 Å². The summed E-state index contributed by atoms with van der Waals surface area (Å²) in [4.78, 5) is 11.9. The Kier molecular flexibility index (Phi) is 6.77. The van der Waals surface area contributed by atoms with Gasteiger partial charge in [-0.25, -0.2) is 0 Å². The minimum Gasteiger partial charge on any atom is -0.360 e. The van der Waals surface area contributed by atoms with Crippen molar-refractivity contribution < 1.29 is 4.79 Å². The number of carbonyl (C=O) groups is 1. The Morgan fingerprint density at radius 3 is 2.20 bits per heavy atom. The predicted octanol–water partition coefficient (Wildman–Crippen LogP) is 3.67. The van der Waals surface area contributed by atoms with Gasteiger partial charge in [0.1, 0.15) is 0 Å². The maximum Gasteiger partial charge on any atom is 0.226 e. The average molecular weight is 296 g/mol. The van der Waals surface area contributed by atoms with Crippen molar-refractivity contribution >= 4 is 23.2 Å². The second-order valence-corrected chi connectivity index (χ2v) is 6.81. The molecule has 3 nitrogen and oxygen atoms in total. The lowest BCUT2D eigenvalue weighted by Crippen LogP contribution is -2.45. The second-order valence-electron chi connectivity index (χ2n) is 6.40. The van der Waals surface area contributed by atoms with E-state index in [1.165, 1.54) is 64.2 Å². The summed E-state index contributed by atoms with van der Waals surface area (Å²) < 4.78 is 0. The SMILES string of the molecule is O=C(CCC1CCCCC1)NC(=S)NC1CCCCC1. The monoisotopic (exact) mass is 296 g/mol. The molecule has 0 radical (unpaired) electrons. The first-order valence-corrected chi connectivity index (χ1v) is 8.75. The number of hydrogen-bond donors (Lipinski definition) is 2. The molecule has 0 atom stereocenters. The van der Waals surface area contributed by atoms with E-state index in [0.717, 1.165) is 12.3 Å². The highest BCUT2D eigenvalue weighted by Gasteiger charge is 2.17. The van der Waals surface area contributed by atoms with Crippen molar-refractivity contribution in [2.75, 3.05) is 0 Å². The number of nitrogens with one attached hydrogen (secondary N) is 2. The quantitative estimate of drug-likeness (QED) is 0.778. The number of hydrogen-bond acceptors (Lipinski definition) is 2. The van der Waals surface area contributed by atoms with Gasteiger partial charge in [-0.3, -0.25) is 4.79 Å². The van der Waals surface area contributed by atoms with Crippen LogP contribution in [0.25, 0.3) is 0 Å². The largest absolute Gasteiger partial charge is 0.360 e. The van der Waals surface area contributed by atoms with Gasteiger partial charge in [-0.15, -0.1) is 0 Å². The topological polar surface area (TPSA) is 41.1 Å². The molecular weight excluding hydrogens is 268 g/mol. The van der Waals surface area contributed by atoms with Crippen LogP contribution in [0.5, 0.6) is 0 Å². The number of thiocarbonyl (C=S) groups is 1. The molecule has 0 aromatic carbocycles. The molecule has 0 aliphatic heterocycles. The lowest BCUT2D eigenvalue weighted by molar-refractivity contribution is -0.120. The standard InChI is InChI=1S/C16H28N2OS/c19-15(12-11-13-7-3-1-4-8-13)18-16(20)17-14-9-5-2-6-10-14/h13-14H,1-12H2,(H2,17,18,19,20). The van der Waals surface area contributed by atoms with Gasteiger partial charge in [0, 0.05) is 12.5 Å². The fraction of sp³-hybridized carbons (Fsp3) is 0.875. The Balaban J connectivity index is 1.59. The predicted molar refractivity (Wildman–Crippen MR) is 86.6 cm³/mol. The third kappa shape index (κ3) is 5.78. The second kappa shape index (κ2) is 8.60. The van der Waals surface area contributed by atoms with Crippen LogP contribution in [0.3, 0.4) is 0 Å². The van der Waals surface area contributed by atoms with Gasteiger partial charge in [0.15, 0.2) is 5.11 Å². The summed E-state index contributed by atoms with van der Waals surface area (Å²) in [5, 5.41) is 6.67. The third-order valence-corrected chi connectivity index (χ3v) is 4.92. The first-order valence-electron chi connectivity index (χ1n) is 8.34. The van der Waals surface area contributed by atoms with Crippen molar-refractivity contribution in [2.24, 2.45) is 5.92 Å². The Morgan fingerprint density at radius 2 is 1.55 bits per heavy atom. The van der Waals surface area contributed by atoms with Crippen LogP contribution in [-0.4, -0.2) is 17.1 Å². The maximum atomic E-state index is 11.9. The molecule has 0 heterocycles. The molecule has 0 spiro atoms. The van der Waals surface area contributed by atoms with E-state index in [1.807, 2.05) is 0 Å². The summed E-state index contributed by atoms with van der Waals surface area (Å²) >= 11 is 5.24. The van der Waals surface area contributed by atoms with E-state index >= 15 is 0 Å². The normalized spacial score (nSPS) is 21.4. The van der Waals surface area contributed by atoms with Crippen LogP contribution in [-0.2, 0) is 4.79 Å². The van der Waals surface area contributed by atoms with Crippen LogP contribution in [0.1, 0.15) is 77.0 Å². The van der Waals surface area contributed by atoms with Gasteiger partial charge < -0.3 is 10.6 Å². The summed E-state index contributed by atoms with van der Waals surface area (Å²) in [5.41, 5.74) is 0. The molecule has 0 unspecified atom stereocenters. The molecule has 2 aliphatic carbocycles. The molecule has 4 heteroatoms. The zero-order valence-corrected chi connectivity index (χ0v) is 13.3. The van der Waals surface area contributed by atoms with E-state index in [9.17, 15) is 4.79 Å². The molecule has 0 saturated heterocycles. The minimum atomic E-state index is 0.0869. The fourth-order valence-electron chi connectivity index (χ4n) is 3.47. The molecular formula is C16H28N2OS. The van der Waals surface area contributed by atoms with E-state index in [4.69, 9.17) is 12.2 Å². The molecule has 0 bridgehead atoms. The Morgan fingerprint density at radius 1 is 0.950 bits per heavy atom. The highest BCUT2D eigenvalue weighted by Crippen LogP contribution is 2.27. The van der Waals surface area contributed by atoms with Crippen molar-refractivity contribution in [1.82, 2.24) is 10.6 Å². The van der Waals surface area contributed by atoms with Crippen molar-refractivity contribution in [3.63, 3.8) is 0 Å². The Hall–Kier alpha value is -0.640. The molecule has 0 aromatic rings. The Bertz CT molecular complexity index is 320. The van der Waals surface area contributed by atoms with E-state index < -0.39 is 0 Å². The average Bonchev–Trinajstić information content (AvgIpc) is 2.47. The van der Waals surface area contributed by atoms with Crippen LogP contribution in [0.15, 0.2) is 0 Å². The zero-order valence-electron chi connectivity index (χ0n) is 12.5. The molecule has 1 amide bonds. The molecule has 2 fully saturated rings. The van der Waals surface area contributed by atoms with Gasteiger partial charge in [-0.1, -0.05) is 51.4 Å². The Labute approximate surface area is 128 Å². The van der Waals surface area contributed by atoms with E-state index in [2.05, 4.69) is 10.6 Å². The molecule has 2 rings (SSSR count). The van der Waals surface area contributed by atoms with Crippen LogP contribution in [0.2, 0.25) is 0 Å². The first-order chi connectivity index (χ1) is 9.74. The molecule has 0 aromatic heterocycles. The van der Waals surface area contributed by atoms with Crippen molar-refractivity contribution in [3.05, 3.63) is 0 Å². The summed E-state index contributed by atoms with van der Waals surface area (Å²) in [6.45, 7) is 0. The van der Waals surface area contributed by atoms with Gasteiger partial charge in [-0.05, 0) is 37.4 Å². The van der Waals surface area contributed by atoms with Gasteiger partial charge in [0.25, 0.3) is 0 Å². The van der Waals surface area contributed by atoms with Crippen molar-refractivity contribution in [3.8, 4) is 0 Å². The zero-order chi connectivity index (χ0) is 14.2. The van der Waals surface area contributed by atoms with Crippen LogP contribution in [0.4, 0.5) is 0 Å². The lowest BCUT2D eigenvalue weighted by Gasteiger charge is -2.24.